The minimum Gasteiger partial charge on any atom is -0.481 e. The fourth-order valence-electron chi connectivity index (χ4n) is 1.52. The Kier molecular flexibility index (Phi) is 5.48. The van der Waals surface area contributed by atoms with Crippen molar-refractivity contribution in [2.75, 3.05) is 5.32 Å². The van der Waals surface area contributed by atoms with Crippen LogP contribution in [0.4, 0.5) is 10.5 Å². The van der Waals surface area contributed by atoms with E-state index in [1.54, 1.807) is 6.07 Å². The van der Waals surface area contributed by atoms with Crippen molar-refractivity contribution in [3.63, 3.8) is 0 Å². The van der Waals surface area contributed by atoms with Crippen LogP contribution in [0.2, 0.25) is 0 Å². The molecule has 0 aliphatic carbocycles. The number of carboxylic acids is 1. The molecule has 0 aliphatic rings. The van der Waals surface area contributed by atoms with E-state index in [0.717, 1.165) is 5.56 Å². The van der Waals surface area contributed by atoms with Crippen LogP contribution in [0.15, 0.2) is 22.7 Å². The van der Waals surface area contributed by atoms with Gasteiger partial charge < -0.3 is 10.4 Å². The van der Waals surface area contributed by atoms with Crippen LogP contribution in [0.3, 0.4) is 0 Å². The Labute approximate surface area is 131 Å². The lowest BCUT2D eigenvalue weighted by Gasteiger charge is -2.18. The van der Waals surface area contributed by atoms with Gasteiger partial charge in [0, 0.05) is 10.9 Å². The van der Waals surface area contributed by atoms with Crippen LogP contribution in [-0.4, -0.2) is 23.0 Å². The molecule has 1 aromatic carbocycles. The molecule has 3 N–H and O–H groups in total. The zero-order valence-corrected chi connectivity index (χ0v) is 13.6. The Morgan fingerprint density at radius 1 is 1.29 bits per heavy atom. The number of urea groups is 1. The van der Waals surface area contributed by atoms with Crippen molar-refractivity contribution in [1.29, 1.82) is 0 Å². The monoisotopic (exact) mass is 356 g/mol. The molecule has 0 unspecified atom stereocenters. The van der Waals surface area contributed by atoms with Crippen LogP contribution in [0, 0.1) is 12.3 Å². The van der Waals surface area contributed by atoms with Gasteiger partial charge in [-0.05, 0) is 54.4 Å². The Morgan fingerprint density at radius 3 is 2.43 bits per heavy atom. The van der Waals surface area contributed by atoms with Crippen LogP contribution in [0.1, 0.15) is 25.8 Å². The number of aliphatic carboxylic acids is 1. The Hall–Kier alpha value is -1.89. The van der Waals surface area contributed by atoms with Gasteiger partial charge in [0.05, 0.1) is 11.1 Å². The normalized spacial score (nSPS) is 10.9. The van der Waals surface area contributed by atoms with Crippen LogP contribution in [-0.2, 0) is 9.59 Å². The van der Waals surface area contributed by atoms with E-state index in [0.29, 0.717) is 10.2 Å². The van der Waals surface area contributed by atoms with E-state index in [-0.39, 0.29) is 6.42 Å². The summed E-state index contributed by atoms with van der Waals surface area (Å²) in [5.74, 6) is -1.75. The molecule has 0 radical (unpaired) electrons. The molecule has 0 saturated heterocycles. The fourth-order valence-corrected chi connectivity index (χ4v) is 2.12. The molecule has 0 fully saturated rings. The SMILES string of the molecule is Cc1ccc(NC(=O)NC(=O)CC(C)(C)C(=O)O)c(Br)c1. The summed E-state index contributed by atoms with van der Waals surface area (Å²) >= 11 is 3.30. The van der Waals surface area contributed by atoms with Crippen molar-refractivity contribution in [3.05, 3.63) is 28.2 Å². The lowest BCUT2D eigenvalue weighted by atomic mass is 9.89. The number of hydrogen-bond donors (Lipinski definition) is 3. The summed E-state index contributed by atoms with van der Waals surface area (Å²) in [4.78, 5) is 34.3. The molecule has 0 heterocycles. The van der Waals surface area contributed by atoms with Crippen molar-refractivity contribution in [2.45, 2.75) is 27.2 Å². The predicted octanol–water partition coefficient (Wildman–Crippen LogP) is 2.91. The van der Waals surface area contributed by atoms with Crippen LogP contribution in [0.25, 0.3) is 0 Å². The highest BCUT2D eigenvalue weighted by Gasteiger charge is 2.30. The Bertz CT molecular complexity index is 584. The number of amides is 3. The molecule has 0 aromatic heterocycles. The second kappa shape index (κ2) is 6.71. The maximum Gasteiger partial charge on any atom is 0.325 e. The molecule has 0 saturated carbocycles. The molecule has 0 bridgehead atoms. The molecule has 0 spiro atoms. The van der Waals surface area contributed by atoms with E-state index in [1.807, 2.05) is 19.1 Å². The molecule has 0 atom stereocenters. The molecule has 1 aromatic rings. The number of carboxylic acid groups (broad SMARTS) is 1. The van der Waals surface area contributed by atoms with Gasteiger partial charge in [0.2, 0.25) is 5.91 Å². The van der Waals surface area contributed by atoms with Gasteiger partial charge in [-0.1, -0.05) is 6.07 Å². The highest BCUT2D eigenvalue weighted by atomic mass is 79.9. The van der Waals surface area contributed by atoms with Gasteiger partial charge in [0.15, 0.2) is 0 Å². The lowest BCUT2D eigenvalue weighted by molar-refractivity contribution is -0.149. The third-order valence-corrected chi connectivity index (χ3v) is 3.46. The van der Waals surface area contributed by atoms with Gasteiger partial charge >= 0.3 is 12.0 Å². The van der Waals surface area contributed by atoms with Crippen molar-refractivity contribution < 1.29 is 19.5 Å². The minimum atomic E-state index is -1.23. The van der Waals surface area contributed by atoms with Crippen LogP contribution < -0.4 is 10.6 Å². The first-order valence-electron chi connectivity index (χ1n) is 6.22. The number of anilines is 1. The number of imide groups is 1. The maximum atomic E-state index is 11.7. The molecular weight excluding hydrogens is 340 g/mol. The Balaban J connectivity index is 2.61. The van der Waals surface area contributed by atoms with Gasteiger partial charge in [-0.3, -0.25) is 14.9 Å². The first-order valence-corrected chi connectivity index (χ1v) is 7.01. The third kappa shape index (κ3) is 5.18. The first-order chi connectivity index (χ1) is 9.61. The van der Waals surface area contributed by atoms with Crippen molar-refractivity contribution in [3.8, 4) is 0 Å². The fraction of sp³-hybridized carbons (Fsp3) is 0.357. The lowest BCUT2D eigenvalue weighted by Crippen LogP contribution is -2.38. The third-order valence-electron chi connectivity index (χ3n) is 2.81. The van der Waals surface area contributed by atoms with Crippen LogP contribution >= 0.6 is 15.9 Å². The standard InChI is InChI=1S/C14H17BrN2O4/c1-8-4-5-10(9(15)6-8)16-13(21)17-11(18)7-14(2,3)12(19)20/h4-6H,7H2,1-3H3,(H,19,20)(H2,16,17,18,21). The highest BCUT2D eigenvalue weighted by Crippen LogP contribution is 2.23. The average molecular weight is 357 g/mol. The number of halogens is 1. The Morgan fingerprint density at radius 2 is 1.90 bits per heavy atom. The summed E-state index contributed by atoms with van der Waals surface area (Å²) in [6.07, 6.45) is -0.287. The molecule has 7 heteroatoms. The number of rotatable bonds is 4. The zero-order valence-electron chi connectivity index (χ0n) is 12.0. The van der Waals surface area contributed by atoms with Gasteiger partial charge in [-0.2, -0.15) is 0 Å². The highest BCUT2D eigenvalue weighted by molar-refractivity contribution is 9.10. The predicted molar refractivity (Wildman–Crippen MR) is 82.1 cm³/mol. The van der Waals surface area contributed by atoms with Crippen LogP contribution in [0.5, 0.6) is 0 Å². The summed E-state index contributed by atoms with van der Waals surface area (Å²) in [6, 6.07) is 4.64. The van der Waals surface area contributed by atoms with E-state index >= 15 is 0 Å². The summed E-state index contributed by atoms with van der Waals surface area (Å²) in [7, 11) is 0. The number of hydrogen-bond acceptors (Lipinski definition) is 3. The van der Waals surface area contributed by atoms with E-state index < -0.39 is 23.3 Å². The van der Waals surface area contributed by atoms with Gasteiger partial charge in [-0.15, -0.1) is 0 Å². The second-order valence-electron chi connectivity index (χ2n) is 5.35. The smallest absolute Gasteiger partial charge is 0.325 e. The topological polar surface area (TPSA) is 95.5 Å². The second-order valence-corrected chi connectivity index (χ2v) is 6.21. The molecule has 6 nitrogen and oxygen atoms in total. The molecular formula is C14H17BrN2O4. The minimum absolute atomic E-state index is 0.287. The maximum absolute atomic E-state index is 11.7. The van der Waals surface area contributed by atoms with Crippen molar-refractivity contribution >= 4 is 39.5 Å². The zero-order chi connectivity index (χ0) is 16.2. The summed E-state index contributed by atoms with van der Waals surface area (Å²) in [5, 5.41) is 13.6. The van der Waals surface area contributed by atoms with E-state index in [9.17, 15) is 14.4 Å². The van der Waals surface area contributed by atoms with E-state index in [4.69, 9.17) is 5.11 Å². The number of nitrogens with one attached hydrogen (secondary N) is 2. The number of benzene rings is 1. The summed E-state index contributed by atoms with van der Waals surface area (Å²) in [6.45, 7) is 4.75. The largest absolute Gasteiger partial charge is 0.481 e. The molecule has 1 rings (SSSR count). The quantitative estimate of drug-likeness (QED) is 0.772. The summed E-state index contributed by atoms with van der Waals surface area (Å²) in [5.41, 5.74) is 0.310. The van der Waals surface area contributed by atoms with Crippen molar-refractivity contribution in [2.24, 2.45) is 5.41 Å². The first kappa shape index (κ1) is 17.2. The van der Waals surface area contributed by atoms with Gasteiger partial charge in [-0.25, -0.2) is 4.79 Å². The van der Waals surface area contributed by atoms with E-state index in [1.165, 1.54) is 13.8 Å². The molecule has 21 heavy (non-hydrogen) atoms. The van der Waals surface area contributed by atoms with E-state index in [2.05, 4.69) is 26.6 Å². The number of aryl methyl sites for hydroxylation is 1. The summed E-state index contributed by atoms with van der Waals surface area (Å²) < 4.78 is 0.691. The number of carbonyl (C=O) groups is 3. The molecule has 3 amide bonds. The average Bonchev–Trinajstić information content (AvgIpc) is 2.31. The molecule has 114 valence electrons. The van der Waals surface area contributed by atoms with Gasteiger partial charge in [0.25, 0.3) is 0 Å². The molecule has 0 aliphatic heterocycles. The number of carbonyl (C=O) groups excluding carboxylic acids is 2. The van der Waals surface area contributed by atoms with Crippen molar-refractivity contribution in [1.82, 2.24) is 5.32 Å². The van der Waals surface area contributed by atoms with Gasteiger partial charge in [0.1, 0.15) is 0 Å².